The molecule has 0 aliphatic heterocycles. The number of anilines is 4. The fraction of sp³-hybridized carbons (Fsp3) is 0. The number of carbonyl (C=O) groups is 2. The normalized spacial score (nSPS) is 10.2. The van der Waals surface area contributed by atoms with Crippen molar-refractivity contribution in [1.82, 2.24) is 15.0 Å². The number of para-hydroxylation sites is 2. The lowest BCUT2D eigenvalue weighted by Gasteiger charge is -2.11. The third-order valence-corrected chi connectivity index (χ3v) is 3.46. The lowest BCUT2D eigenvalue weighted by atomic mass is 10.2. The Bertz CT molecular complexity index is 998. The van der Waals surface area contributed by atoms with Gasteiger partial charge >= 0.3 is 17.6 Å². The molecule has 1 heterocycles. The van der Waals surface area contributed by atoms with Crippen LogP contribution in [0.25, 0.3) is 0 Å². The van der Waals surface area contributed by atoms with Gasteiger partial charge in [0.05, 0.1) is 22.5 Å². The summed E-state index contributed by atoms with van der Waals surface area (Å²) in [7, 11) is 0. The third kappa shape index (κ3) is 4.07. The summed E-state index contributed by atoms with van der Waals surface area (Å²) in [6, 6.07) is 12.2. The van der Waals surface area contributed by atoms with Crippen LogP contribution < -0.4 is 16.3 Å². The Labute approximate surface area is 151 Å². The number of aromatic amines is 1. The van der Waals surface area contributed by atoms with Crippen LogP contribution in [0.4, 0.5) is 23.3 Å². The van der Waals surface area contributed by atoms with Crippen LogP contribution in [-0.2, 0) is 0 Å². The van der Waals surface area contributed by atoms with Crippen LogP contribution in [0.3, 0.4) is 0 Å². The minimum Gasteiger partial charge on any atom is -0.478 e. The molecule has 0 aliphatic rings. The first kappa shape index (κ1) is 17.6. The van der Waals surface area contributed by atoms with Crippen molar-refractivity contribution in [3.05, 3.63) is 70.1 Å². The molecule has 10 heteroatoms. The van der Waals surface area contributed by atoms with E-state index < -0.39 is 17.6 Å². The number of rotatable bonds is 6. The van der Waals surface area contributed by atoms with Gasteiger partial charge in [-0.05, 0) is 24.3 Å². The van der Waals surface area contributed by atoms with E-state index in [9.17, 15) is 24.6 Å². The molecule has 3 aromatic rings. The molecule has 2 aromatic carbocycles. The molecule has 0 bridgehead atoms. The smallest absolute Gasteiger partial charge is 0.351 e. The van der Waals surface area contributed by atoms with Crippen LogP contribution in [0.2, 0.25) is 0 Å². The predicted molar refractivity (Wildman–Crippen MR) is 96.0 cm³/mol. The highest BCUT2D eigenvalue weighted by atomic mass is 16.4. The molecular weight excluding hydrogens is 354 g/mol. The summed E-state index contributed by atoms with van der Waals surface area (Å²) in [5.41, 5.74) is -0.367. The van der Waals surface area contributed by atoms with Crippen LogP contribution in [0.1, 0.15) is 20.7 Å². The summed E-state index contributed by atoms with van der Waals surface area (Å²) < 4.78 is 0. The largest absolute Gasteiger partial charge is 0.478 e. The fourth-order valence-corrected chi connectivity index (χ4v) is 2.30. The lowest BCUT2D eigenvalue weighted by Crippen LogP contribution is -2.17. The summed E-state index contributed by atoms with van der Waals surface area (Å²) in [4.78, 5) is 44.4. The maximum atomic E-state index is 11.8. The van der Waals surface area contributed by atoms with Crippen LogP contribution in [0, 0.1) is 0 Å². The number of H-pyrrole nitrogens is 1. The molecule has 0 radical (unpaired) electrons. The Morgan fingerprint density at radius 3 is 1.89 bits per heavy atom. The second-order valence-corrected chi connectivity index (χ2v) is 5.28. The van der Waals surface area contributed by atoms with E-state index >= 15 is 0 Å². The average molecular weight is 367 g/mol. The van der Waals surface area contributed by atoms with Crippen LogP contribution in [-0.4, -0.2) is 37.1 Å². The molecule has 0 aliphatic carbocycles. The molecule has 10 nitrogen and oxygen atoms in total. The summed E-state index contributed by atoms with van der Waals surface area (Å²) >= 11 is 0. The summed E-state index contributed by atoms with van der Waals surface area (Å²) in [6.45, 7) is 0. The molecule has 5 N–H and O–H groups in total. The number of carboxylic acids is 2. The van der Waals surface area contributed by atoms with E-state index in [4.69, 9.17) is 0 Å². The topological polar surface area (TPSA) is 157 Å². The number of nitrogens with one attached hydrogen (secondary N) is 3. The number of hydrogen-bond acceptors (Lipinski definition) is 7. The highest BCUT2D eigenvalue weighted by Gasteiger charge is 2.13. The standard InChI is InChI=1S/C17H13N5O5/c23-13(24)9-5-1-3-7-11(9)18-15-20-16(22-17(27)21-15)19-12-8-4-2-6-10(12)14(25)26/h1-8H,(H,23,24)(H,25,26)(H3,18,19,20,21,22,27). The van der Waals surface area contributed by atoms with Crippen molar-refractivity contribution in [3.8, 4) is 0 Å². The second-order valence-electron chi connectivity index (χ2n) is 5.28. The summed E-state index contributed by atoms with van der Waals surface area (Å²) in [5, 5.41) is 23.8. The van der Waals surface area contributed by atoms with Crippen molar-refractivity contribution in [2.75, 3.05) is 10.6 Å². The van der Waals surface area contributed by atoms with Gasteiger partial charge in [-0.2, -0.15) is 9.97 Å². The number of benzene rings is 2. The van der Waals surface area contributed by atoms with E-state index in [1.54, 1.807) is 24.3 Å². The van der Waals surface area contributed by atoms with Crippen molar-refractivity contribution in [2.45, 2.75) is 0 Å². The Kier molecular flexibility index (Phi) is 4.79. The first-order valence-corrected chi connectivity index (χ1v) is 7.61. The molecular formula is C17H13N5O5. The number of aromatic nitrogens is 3. The number of aromatic carboxylic acids is 2. The Hall–Kier alpha value is -4.21. The highest BCUT2D eigenvalue weighted by molar-refractivity contribution is 5.95. The van der Waals surface area contributed by atoms with Gasteiger partial charge in [-0.25, -0.2) is 14.4 Å². The monoisotopic (exact) mass is 367 g/mol. The zero-order valence-corrected chi connectivity index (χ0v) is 13.6. The van der Waals surface area contributed by atoms with Gasteiger partial charge in [0, 0.05) is 0 Å². The van der Waals surface area contributed by atoms with Crippen LogP contribution in [0.5, 0.6) is 0 Å². The second kappa shape index (κ2) is 7.35. The minimum absolute atomic E-state index is 0.0114. The van der Waals surface area contributed by atoms with E-state index in [-0.39, 0.29) is 34.4 Å². The lowest BCUT2D eigenvalue weighted by molar-refractivity contribution is 0.0687. The maximum absolute atomic E-state index is 11.8. The quantitative estimate of drug-likeness (QED) is 0.439. The van der Waals surface area contributed by atoms with Gasteiger partial charge in [0.25, 0.3) is 0 Å². The van der Waals surface area contributed by atoms with Crippen LogP contribution in [0.15, 0.2) is 53.3 Å². The molecule has 0 atom stereocenters. The molecule has 27 heavy (non-hydrogen) atoms. The SMILES string of the molecule is O=C(O)c1ccccc1Nc1nc(Nc2ccccc2C(=O)O)[nH]c(=O)n1. The van der Waals surface area contributed by atoms with Gasteiger partial charge < -0.3 is 20.8 Å². The molecule has 136 valence electrons. The zero-order chi connectivity index (χ0) is 19.4. The molecule has 0 saturated carbocycles. The number of hydrogen-bond donors (Lipinski definition) is 5. The number of nitrogens with zero attached hydrogens (tertiary/aromatic N) is 2. The molecule has 3 rings (SSSR count). The van der Waals surface area contributed by atoms with E-state index in [1.807, 2.05) is 0 Å². The Morgan fingerprint density at radius 2 is 1.33 bits per heavy atom. The van der Waals surface area contributed by atoms with Gasteiger partial charge in [0.1, 0.15) is 0 Å². The summed E-state index contributed by atoms with van der Waals surface area (Å²) in [6.07, 6.45) is 0. The van der Waals surface area contributed by atoms with Gasteiger partial charge in [-0.1, -0.05) is 24.3 Å². The average Bonchev–Trinajstić information content (AvgIpc) is 2.61. The Morgan fingerprint density at radius 1 is 0.815 bits per heavy atom. The zero-order valence-electron chi connectivity index (χ0n) is 13.6. The molecule has 0 spiro atoms. The Balaban J connectivity index is 1.94. The van der Waals surface area contributed by atoms with Gasteiger partial charge in [0.2, 0.25) is 11.9 Å². The van der Waals surface area contributed by atoms with Gasteiger partial charge in [-0.3, -0.25) is 4.98 Å². The molecule has 0 unspecified atom stereocenters. The van der Waals surface area contributed by atoms with E-state index in [1.165, 1.54) is 24.3 Å². The minimum atomic E-state index is -1.16. The van der Waals surface area contributed by atoms with Crippen molar-refractivity contribution in [1.29, 1.82) is 0 Å². The van der Waals surface area contributed by atoms with E-state index in [0.29, 0.717) is 0 Å². The molecule has 0 fully saturated rings. The van der Waals surface area contributed by atoms with Crippen molar-refractivity contribution in [3.63, 3.8) is 0 Å². The van der Waals surface area contributed by atoms with E-state index in [0.717, 1.165) is 0 Å². The number of carboxylic acid groups (broad SMARTS) is 2. The van der Waals surface area contributed by atoms with Gasteiger partial charge in [0.15, 0.2) is 0 Å². The first-order chi connectivity index (χ1) is 12.9. The maximum Gasteiger partial charge on any atom is 0.351 e. The summed E-state index contributed by atoms with van der Waals surface area (Å²) in [5.74, 6) is -2.51. The van der Waals surface area contributed by atoms with Crippen molar-refractivity contribution >= 4 is 35.2 Å². The highest BCUT2D eigenvalue weighted by Crippen LogP contribution is 2.21. The van der Waals surface area contributed by atoms with Crippen molar-refractivity contribution < 1.29 is 19.8 Å². The van der Waals surface area contributed by atoms with E-state index in [2.05, 4.69) is 25.6 Å². The van der Waals surface area contributed by atoms with Crippen molar-refractivity contribution in [2.24, 2.45) is 0 Å². The molecule has 0 amide bonds. The predicted octanol–water partition coefficient (Wildman–Crippen LogP) is 2.05. The third-order valence-electron chi connectivity index (χ3n) is 3.46. The van der Waals surface area contributed by atoms with Crippen LogP contribution >= 0.6 is 0 Å². The first-order valence-electron chi connectivity index (χ1n) is 7.61. The fourth-order valence-electron chi connectivity index (χ4n) is 2.30. The molecule has 0 saturated heterocycles. The van der Waals surface area contributed by atoms with Gasteiger partial charge in [-0.15, -0.1) is 0 Å². The molecule has 1 aromatic heterocycles.